The largest absolute Gasteiger partial charge is 0.484 e. The fourth-order valence-corrected chi connectivity index (χ4v) is 4.30. The van der Waals surface area contributed by atoms with Crippen molar-refractivity contribution in [3.05, 3.63) is 64.3 Å². The van der Waals surface area contributed by atoms with Crippen molar-refractivity contribution in [2.45, 2.75) is 47.2 Å². The molecule has 0 radical (unpaired) electrons. The lowest BCUT2D eigenvalue weighted by atomic mass is 9.80. The first-order valence-corrected chi connectivity index (χ1v) is 11.7. The first-order chi connectivity index (χ1) is 16.8. The molecule has 192 valence electrons. The number of carbonyl (C=O) groups excluding carboxylic acids is 1. The second-order valence-electron chi connectivity index (χ2n) is 10.3. The minimum atomic E-state index is -1.27. The Morgan fingerprint density at radius 1 is 1.14 bits per heavy atom. The van der Waals surface area contributed by atoms with Crippen molar-refractivity contribution in [2.24, 2.45) is 17.1 Å². The smallest absolute Gasteiger partial charge is 0.405 e. The van der Waals surface area contributed by atoms with Gasteiger partial charge < -0.3 is 25.5 Å². The van der Waals surface area contributed by atoms with E-state index in [1.54, 1.807) is 41.0 Å². The molecule has 1 unspecified atom stereocenters. The molecular formula is C27H32FN3O5. The SMILES string of the molecule is CC(C)Cn1c(C(NC(=O)O)C(C)(C)C)c(-c2ccccc2F)c2cc(OCC(N)=O)ccc2c1=O. The van der Waals surface area contributed by atoms with E-state index in [1.807, 2.05) is 34.6 Å². The number of amides is 2. The molecule has 0 aliphatic heterocycles. The Morgan fingerprint density at radius 2 is 1.81 bits per heavy atom. The number of fused-ring (bicyclic) bond motifs is 1. The highest BCUT2D eigenvalue weighted by Crippen LogP contribution is 2.42. The van der Waals surface area contributed by atoms with Gasteiger partial charge in [0.1, 0.15) is 11.6 Å². The van der Waals surface area contributed by atoms with Crippen LogP contribution in [-0.2, 0) is 11.3 Å². The molecule has 1 aromatic heterocycles. The highest BCUT2D eigenvalue weighted by Gasteiger charge is 2.35. The Hall–Kier alpha value is -3.88. The van der Waals surface area contributed by atoms with Crippen molar-refractivity contribution < 1.29 is 23.8 Å². The number of nitrogens with one attached hydrogen (secondary N) is 1. The third-order valence-electron chi connectivity index (χ3n) is 5.76. The Kier molecular flexibility index (Phi) is 7.71. The third-order valence-corrected chi connectivity index (χ3v) is 5.76. The van der Waals surface area contributed by atoms with Crippen LogP contribution in [0.3, 0.4) is 0 Å². The van der Waals surface area contributed by atoms with Gasteiger partial charge in [-0.15, -0.1) is 0 Å². The number of nitrogens with zero attached hydrogens (tertiary/aromatic N) is 1. The molecule has 0 saturated heterocycles. The summed E-state index contributed by atoms with van der Waals surface area (Å²) in [4.78, 5) is 37.0. The molecule has 0 bridgehead atoms. The van der Waals surface area contributed by atoms with Gasteiger partial charge in [0.2, 0.25) is 0 Å². The molecule has 0 aliphatic rings. The number of hydrogen-bond acceptors (Lipinski definition) is 4. The van der Waals surface area contributed by atoms with Crippen LogP contribution in [0.15, 0.2) is 47.3 Å². The summed E-state index contributed by atoms with van der Waals surface area (Å²) in [6, 6.07) is 9.95. The quantitative estimate of drug-likeness (QED) is 0.417. The molecule has 2 aromatic carbocycles. The van der Waals surface area contributed by atoms with Crippen LogP contribution in [0.2, 0.25) is 0 Å². The molecule has 4 N–H and O–H groups in total. The van der Waals surface area contributed by atoms with E-state index in [0.717, 1.165) is 0 Å². The van der Waals surface area contributed by atoms with Gasteiger partial charge in [-0.2, -0.15) is 0 Å². The van der Waals surface area contributed by atoms with E-state index in [0.29, 0.717) is 28.6 Å². The van der Waals surface area contributed by atoms with Crippen LogP contribution in [0.4, 0.5) is 9.18 Å². The second-order valence-corrected chi connectivity index (χ2v) is 10.3. The van der Waals surface area contributed by atoms with E-state index in [9.17, 15) is 19.5 Å². The van der Waals surface area contributed by atoms with Crippen LogP contribution in [-0.4, -0.2) is 28.3 Å². The topological polar surface area (TPSA) is 124 Å². The predicted molar refractivity (Wildman–Crippen MR) is 136 cm³/mol. The summed E-state index contributed by atoms with van der Waals surface area (Å²) >= 11 is 0. The molecule has 3 aromatic rings. The zero-order valence-corrected chi connectivity index (χ0v) is 21.1. The molecule has 0 spiro atoms. The summed E-state index contributed by atoms with van der Waals surface area (Å²) in [5, 5.41) is 13.0. The number of rotatable bonds is 8. The number of ether oxygens (including phenoxy) is 1. The van der Waals surface area contributed by atoms with Crippen LogP contribution in [0.25, 0.3) is 21.9 Å². The van der Waals surface area contributed by atoms with Crippen molar-refractivity contribution >= 4 is 22.8 Å². The molecule has 0 fully saturated rings. The normalized spacial score (nSPS) is 12.5. The number of halogens is 1. The maximum atomic E-state index is 15.3. The van der Waals surface area contributed by atoms with Gasteiger partial charge in [-0.3, -0.25) is 9.59 Å². The maximum absolute atomic E-state index is 15.3. The second kappa shape index (κ2) is 10.4. The highest BCUT2D eigenvalue weighted by molar-refractivity contribution is 5.98. The Balaban J connectivity index is 2.56. The summed E-state index contributed by atoms with van der Waals surface area (Å²) in [7, 11) is 0. The van der Waals surface area contributed by atoms with E-state index in [-0.39, 0.29) is 29.4 Å². The Labute approximate surface area is 208 Å². The lowest BCUT2D eigenvalue weighted by Crippen LogP contribution is -2.41. The van der Waals surface area contributed by atoms with Crippen molar-refractivity contribution in [2.75, 3.05) is 6.61 Å². The van der Waals surface area contributed by atoms with E-state index < -0.39 is 29.3 Å². The summed E-state index contributed by atoms with van der Waals surface area (Å²) in [5.41, 5.74) is 5.13. The molecule has 36 heavy (non-hydrogen) atoms. The molecule has 3 rings (SSSR count). The number of primary amides is 1. The molecule has 2 amide bonds. The molecule has 9 heteroatoms. The van der Waals surface area contributed by atoms with Crippen LogP contribution >= 0.6 is 0 Å². The third kappa shape index (κ3) is 5.67. The van der Waals surface area contributed by atoms with E-state index in [1.165, 1.54) is 6.07 Å². The first-order valence-electron chi connectivity index (χ1n) is 11.7. The van der Waals surface area contributed by atoms with Gasteiger partial charge in [-0.25, -0.2) is 9.18 Å². The zero-order chi connectivity index (χ0) is 26.8. The van der Waals surface area contributed by atoms with Gasteiger partial charge in [0, 0.05) is 28.4 Å². The van der Waals surface area contributed by atoms with Gasteiger partial charge >= 0.3 is 6.09 Å². The van der Waals surface area contributed by atoms with Gasteiger partial charge in [-0.1, -0.05) is 52.8 Å². The minimum absolute atomic E-state index is 0.0380. The minimum Gasteiger partial charge on any atom is -0.484 e. The van der Waals surface area contributed by atoms with Crippen molar-refractivity contribution in [1.29, 1.82) is 0 Å². The van der Waals surface area contributed by atoms with E-state index in [2.05, 4.69) is 5.32 Å². The van der Waals surface area contributed by atoms with Crippen molar-refractivity contribution in [3.8, 4) is 16.9 Å². The number of nitrogens with two attached hydrogens (primary N) is 1. The molecule has 1 heterocycles. The zero-order valence-electron chi connectivity index (χ0n) is 21.1. The van der Waals surface area contributed by atoms with Crippen LogP contribution in [0, 0.1) is 17.2 Å². The summed E-state index contributed by atoms with van der Waals surface area (Å²) in [6.07, 6.45) is -1.27. The summed E-state index contributed by atoms with van der Waals surface area (Å²) < 4.78 is 22.4. The average molecular weight is 498 g/mol. The molecule has 0 aliphatic carbocycles. The monoisotopic (exact) mass is 497 g/mol. The van der Waals surface area contributed by atoms with Gasteiger partial charge in [0.05, 0.1) is 11.7 Å². The maximum Gasteiger partial charge on any atom is 0.405 e. The first kappa shape index (κ1) is 26.7. The van der Waals surface area contributed by atoms with E-state index >= 15 is 4.39 Å². The van der Waals surface area contributed by atoms with Gasteiger partial charge in [0.15, 0.2) is 6.61 Å². The number of benzene rings is 2. The van der Waals surface area contributed by atoms with Crippen molar-refractivity contribution in [3.63, 3.8) is 0 Å². The highest BCUT2D eigenvalue weighted by atomic mass is 19.1. The van der Waals surface area contributed by atoms with E-state index in [4.69, 9.17) is 10.5 Å². The molecule has 0 saturated carbocycles. The molecular weight excluding hydrogens is 465 g/mol. The number of aromatic nitrogens is 1. The number of hydrogen-bond donors (Lipinski definition) is 3. The Bertz CT molecular complexity index is 1360. The summed E-state index contributed by atoms with van der Waals surface area (Å²) in [6.45, 7) is 9.35. The predicted octanol–water partition coefficient (Wildman–Crippen LogP) is 4.68. The van der Waals surface area contributed by atoms with Gasteiger partial charge in [-0.05, 0) is 35.6 Å². The fourth-order valence-electron chi connectivity index (χ4n) is 4.30. The fraction of sp³-hybridized carbons (Fsp3) is 0.370. The standard InChI is InChI=1S/C27H32FN3O5/c1-15(2)13-31-23(24(27(3,4)5)30-26(34)35)22(18-8-6-7-9-20(18)28)19-12-16(36-14-21(29)32)10-11-17(19)25(31)33/h6-12,15,24,30H,13-14H2,1-5H3,(H2,29,32)(H,34,35). The van der Waals surface area contributed by atoms with Gasteiger partial charge in [0.25, 0.3) is 11.5 Å². The summed E-state index contributed by atoms with van der Waals surface area (Å²) in [5.74, 6) is -0.891. The Morgan fingerprint density at radius 3 is 2.36 bits per heavy atom. The lowest BCUT2D eigenvalue weighted by Gasteiger charge is -2.35. The number of carboxylic acid groups (broad SMARTS) is 1. The number of pyridine rings is 1. The van der Waals surface area contributed by atoms with Crippen molar-refractivity contribution in [1.82, 2.24) is 9.88 Å². The lowest BCUT2D eigenvalue weighted by molar-refractivity contribution is -0.119. The number of carbonyl (C=O) groups is 2. The van der Waals surface area contributed by atoms with Crippen LogP contribution in [0.5, 0.6) is 5.75 Å². The molecule has 8 nitrogen and oxygen atoms in total. The van der Waals surface area contributed by atoms with Crippen LogP contribution in [0.1, 0.15) is 46.4 Å². The average Bonchev–Trinajstić information content (AvgIpc) is 2.77. The molecule has 1 atom stereocenters. The van der Waals surface area contributed by atoms with Crippen LogP contribution < -0.4 is 21.3 Å².